The summed E-state index contributed by atoms with van der Waals surface area (Å²) >= 11 is 0. The Labute approximate surface area is 216 Å². The van der Waals surface area contributed by atoms with Crippen LogP contribution in [0.25, 0.3) is 16.5 Å². The Morgan fingerprint density at radius 2 is 1.89 bits per heavy atom. The molecule has 3 saturated heterocycles. The van der Waals surface area contributed by atoms with Gasteiger partial charge >= 0.3 is 0 Å². The second-order valence-corrected chi connectivity index (χ2v) is 10.7. The summed E-state index contributed by atoms with van der Waals surface area (Å²) in [6.45, 7) is 3.63. The number of aromatic nitrogens is 1. The molecule has 3 aromatic rings. The van der Waals surface area contributed by atoms with Crippen LogP contribution in [0, 0.1) is 6.92 Å². The van der Waals surface area contributed by atoms with Gasteiger partial charge in [-0.15, -0.1) is 0 Å². The minimum Gasteiger partial charge on any atom is -0.491 e. The number of nitrogens with zero attached hydrogens (tertiary/aromatic N) is 2. The molecule has 2 unspecified atom stereocenters. The molecule has 0 spiro atoms. The maximum absolute atomic E-state index is 13.3. The quantitative estimate of drug-likeness (QED) is 0.420. The van der Waals surface area contributed by atoms with Crippen molar-refractivity contribution < 1.29 is 18.6 Å². The van der Waals surface area contributed by atoms with Crippen molar-refractivity contribution >= 4 is 10.8 Å². The van der Waals surface area contributed by atoms with E-state index in [0.29, 0.717) is 30.6 Å². The van der Waals surface area contributed by atoms with Gasteiger partial charge in [0.15, 0.2) is 0 Å². The first kappa shape index (κ1) is 24.4. The second kappa shape index (κ2) is 10.5. The Balaban J connectivity index is 1.16. The van der Waals surface area contributed by atoms with Gasteiger partial charge in [0.1, 0.15) is 30.9 Å². The van der Waals surface area contributed by atoms with E-state index in [0.717, 1.165) is 73.3 Å². The molecule has 7 heteroatoms. The number of ether oxygens (including phenoxy) is 3. The van der Waals surface area contributed by atoms with Crippen molar-refractivity contribution in [1.29, 1.82) is 0 Å². The summed E-state index contributed by atoms with van der Waals surface area (Å²) in [5.41, 5.74) is 1.75. The minimum atomic E-state index is -0.280. The van der Waals surface area contributed by atoms with Crippen LogP contribution in [0.3, 0.4) is 0 Å². The van der Waals surface area contributed by atoms with Crippen molar-refractivity contribution in [2.24, 2.45) is 0 Å². The molecule has 0 N–H and O–H groups in total. The Hall–Kier alpha value is -2.90. The molecule has 0 aliphatic carbocycles. The van der Waals surface area contributed by atoms with Crippen LogP contribution in [0.2, 0.25) is 0 Å². The van der Waals surface area contributed by atoms with Gasteiger partial charge in [-0.1, -0.05) is 0 Å². The SMILES string of the molecule is Cc1cc(-n2ccc3cc(OCC4CCCO4)ccc3c2=O)ccc1OC1C[C@H]2CC[C@@H](C1)N2CCF. The highest BCUT2D eigenvalue weighted by Crippen LogP contribution is 2.37. The number of alkyl halides is 1. The van der Waals surface area contributed by atoms with Crippen LogP contribution in [0.1, 0.15) is 44.1 Å². The van der Waals surface area contributed by atoms with Gasteiger partial charge in [-0.2, -0.15) is 0 Å². The summed E-state index contributed by atoms with van der Waals surface area (Å²) in [7, 11) is 0. The predicted molar refractivity (Wildman–Crippen MR) is 142 cm³/mol. The molecule has 3 aliphatic heterocycles. The average molecular weight is 507 g/mol. The maximum atomic E-state index is 13.3. The van der Waals surface area contributed by atoms with E-state index in [2.05, 4.69) is 4.90 Å². The van der Waals surface area contributed by atoms with Crippen molar-refractivity contribution in [3.63, 3.8) is 0 Å². The third-order valence-electron chi connectivity index (χ3n) is 8.25. The highest BCUT2D eigenvalue weighted by molar-refractivity contribution is 5.83. The molecule has 3 aliphatic rings. The van der Waals surface area contributed by atoms with Gasteiger partial charge in [0.05, 0.1) is 6.10 Å². The Bertz CT molecular complexity index is 1300. The van der Waals surface area contributed by atoms with E-state index >= 15 is 0 Å². The third kappa shape index (κ3) is 4.99. The molecule has 0 amide bonds. The van der Waals surface area contributed by atoms with Crippen LogP contribution in [-0.4, -0.2) is 60.2 Å². The summed E-state index contributed by atoms with van der Waals surface area (Å²) in [6, 6.07) is 14.4. The highest BCUT2D eigenvalue weighted by atomic mass is 19.1. The van der Waals surface area contributed by atoms with Crippen molar-refractivity contribution in [3.8, 4) is 17.2 Å². The van der Waals surface area contributed by atoms with Crippen LogP contribution in [0.15, 0.2) is 53.5 Å². The molecular formula is C30H35FN2O4. The van der Waals surface area contributed by atoms with Crippen molar-refractivity contribution in [2.75, 3.05) is 26.4 Å². The van der Waals surface area contributed by atoms with Gasteiger partial charge in [-0.3, -0.25) is 14.3 Å². The van der Waals surface area contributed by atoms with Gasteiger partial charge in [-0.05, 0) is 98.9 Å². The van der Waals surface area contributed by atoms with Crippen LogP contribution in [0.4, 0.5) is 4.39 Å². The number of rotatable bonds is 8. The molecule has 6 nitrogen and oxygen atoms in total. The van der Waals surface area contributed by atoms with Crippen LogP contribution in [0.5, 0.6) is 11.5 Å². The van der Waals surface area contributed by atoms with Crippen LogP contribution < -0.4 is 15.0 Å². The molecular weight excluding hydrogens is 471 g/mol. The Morgan fingerprint density at radius 1 is 1.05 bits per heavy atom. The average Bonchev–Trinajstić information content (AvgIpc) is 3.50. The lowest BCUT2D eigenvalue weighted by Crippen LogP contribution is -2.47. The summed E-state index contributed by atoms with van der Waals surface area (Å²) in [5, 5.41) is 1.51. The lowest BCUT2D eigenvalue weighted by Gasteiger charge is -2.38. The molecule has 0 saturated carbocycles. The number of hydrogen-bond donors (Lipinski definition) is 0. The van der Waals surface area contributed by atoms with Gasteiger partial charge < -0.3 is 14.2 Å². The highest BCUT2D eigenvalue weighted by Gasteiger charge is 2.41. The zero-order valence-corrected chi connectivity index (χ0v) is 21.4. The van der Waals surface area contributed by atoms with Crippen molar-refractivity contribution in [2.45, 2.75) is 69.7 Å². The fraction of sp³-hybridized carbons (Fsp3) is 0.500. The number of aryl methyl sites for hydroxylation is 1. The molecule has 3 fully saturated rings. The largest absolute Gasteiger partial charge is 0.491 e. The Morgan fingerprint density at radius 3 is 2.62 bits per heavy atom. The number of piperidine rings is 1. The van der Waals surface area contributed by atoms with E-state index in [4.69, 9.17) is 14.2 Å². The maximum Gasteiger partial charge on any atom is 0.262 e. The zero-order valence-electron chi connectivity index (χ0n) is 21.4. The first-order valence-corrected chi connectivity index (χ1v) is 13.6. The Kier molecular flexibility index (Phi) is 6.91. The molecule has 4 heterocycles. The van der Waals surface area contributed by atoms with Gasteiger partial charge in [0, 0.05) is 42.5 Å². The molecule has 2 aromatic carbocycles. The zero-order chi connectivity index (χ0) is 25.4. The topological polar surface area (TPSA) is 52.9 Å². The summed E-state index contributed by atoms with van der Waals surface area (Å²) < 4.78 is 32.6. The normalized spacial score (nSPS) is 25.6. The molecule has 0 radical (unpaired) electrons. The lowest BCUT2D eigenvalue weighted by molar-refractivity contribution is 0.0456. The first-order valence-electron chi connectivity index (χ1n) is 13.6. The van der Waals surface area contributed by atoms with Gasteiger partial charge in [0.25, 0.3) is 5.56 Å². The second-order valence-electron chi connectivity index (χ2n) is 10.7. The number of hydrogen-bond acceptors (Lipinski definition) is 5. The predicted octanol–water partition coefficient (Wildman–Crippen LogP) is 5.20. The molecule has 6 rings (SSSR count). The third-order valence-corrected chi connectivity index (χ3v) is 8.25. The molecule has 196 valence electrons. The van der Waals surface area contributed by atoms with E-state index < -0.39 is 0 Å². The monoisotopic (exact) mass is 506 g/mol. The minimum absolute atomic E-state index is 0.0620. The fourth-order valence-corrected chi connectivity index (χ4v) is 6.36. The fourth-order valence-electron chi connectivity index (χ4n) is 6.36. The van der Waals surface area contributed by atoms with Crippen LogP contribution in [-0.2, 0) is 4.74 Å². The molecule has 37 heavy (non-hydrogen) atoms. The van der Waals surface area contributed by atoms with Crippen LogP contribution >= 0.6 is 0 Å². The van der Waals surface area contributed by atoms with Crippen molar-refractivity contribution in [3.05, 3.63) is 64.6 Å². The van der Waals surface area contributed by atoms with E-state index in [1.54, 1.807) is 4.57 Å². The standard InChI is InChI=1S/C30H35FN2O4/c1-20-15-22(6-9-29(20)37-27-17-23-4-5-24(18-27)32(23)13-11-31)33-12-10-21-16-25(7-8-28(21)30(33)34)36-19-26-3-2-14-35-26/h6-10,12,15-16,23-24,26-27H,2-5,11,13-14,17-19H2,1H3/t23-,24+,26?,27?. The number of halogens is 1. The molecule has 1 aromatic heterocycles. The number of fused-ring (bicyclic) bond motifs is 3. The van der Waals surface area contributed by atoms with E-state index in [-0.39, 0.29) is 24.4 Å². The van der Waals surface area contributed by atoms with Gasteiger partial charge in [-0.25, -0.2) is 4.39 Å². The number of benzene rings is 2. The molecule has 2 bridgehead atoms. The van der Waals surface area contributed by atoms with Gasteiger partial charge in [0.2, 0.25) is 0 Å². The first-order chi connectivity index (χ1) is 18.1. The van der Waals surface area contributed by atoms with E-state index in [9.17, 15) is 9.18 Å². The summed E-state index contributed by atoms with van der Waals surface area (Å²) in [5.74, 6) is 1.61. The van der Waals surface area contributed by atoms with E-state index in [1.807, 2.05) is 55.6 Å². The lowest BCUT2D eigenvalue weighted by atomic mass is 9.99. The summed E-state index contributed by atoms with van der Waals surface area (Å²) in [6.07, 6.45) is 8.40. The smallest absolute Gasteiger partial charge is 0.262 e. The van der Waals surface area contributed by atoms with Crippen molar-refractivity contribution in [1.82, 2.24) is 9.47 Å². The van der Waals surface area contributed by atoms with E-state index in [1.165, 1.54) is 0 Å². The molecule has 4 atom stereocenters. The summed E-state index contributed by atoms with van der Waals surface area (Å²) in [4.78, 5) is 15.7. The number of pyridine rings is 1.